The number of aliphatic hydroxyl groups is 3. The first-order valence-corrected chi connectivity index (χ1v) is 16.6. The zero-order chi connectivity index (χ0) is 33.7. The van der Waals surface area contributed by atoms with E-state index in [-0.39, 0.29) is 55.3 Å². The van der Waals surface area contributed by atoms with E-state index in [1.54, 1.807) is 27.0 Å². The lowest BCUT2D eigenvalue weighted by molar-refractivity contribution is -0.151. The SMILES string of the molecule is C=CC(C)C(OC(=O)CC(O)CCC(C)(O)C(C)OC(=O)NC1CCCCC1)/C(C)=C/C=C/C(C)C(O)C1OC1C(C)COC. The molecule has 0 aromatic carbocycles. The van der Waals surface area contributed by atoms with E-state index in [9.17, 15) is 24.9 Å². The number of aliphatic hydroxyl groups excluding tert-OH is 2. The Morgan fingerprint density at radius 2 is 1.73 bits per heavy atom. The van der Waals surface area contributed by atoms with Crippen molar-refractivity contribution in [1.82, 2.24) is 5.32 Å². The van der Waals surface area contributed by atoms with Gasteiger partial charge in [0.1, 0.15) is 18.3 Å². The molecular weight excluding hydrogens is 578 g/mol. The highest BCUT2D eigenvalue weighted by atomic mass is 16.6. The Morgan fingerprint density at radius 3 is 2.36 bits per heavy atom. The fourth-order valence-electron chi connectivity index (χ4n) is 5.74. The third-order valence-electron chi connectivity index (χ3n) is 9.23. The molecule has 10 unspecified atom stereocenters. The van der Waals surface area contributed by atoms with Crippen LogP contribution in [0.2, 0.25) is 0 Å². The van der Waals surface area contributed by atoms with Crippen molar-refractivity contribution in [3.8, 4) is 0 Å². The number of carbonyl (C=O) groups excluding carboxylic acids is 2. The standard InChI is InChI=1S/C35H59NO9/c1-9-22(2)31(24(4)15-13-14-23(3)30(39)33-32(45-33)25(5)21-42-8)44-29(38)20-28(37)18-19-35(7,41)26(6)43-34(40)36-27-16-11-10-12-17-27/h9,13-15,22-23,25-28,30-33,37,39,41H,1,10-12,16-21H2,2-8H3,(H,36,40)/b14-13+,24-15+. The molecule has 10 atom stereocenters. The summed E-state index contributed by atoms with van der Waals surface area (Å²) < 4.78 is 22.1. The van der Waals surface area contributed by atoms with Crippen LogP contribution in [0.4, 0.5) is 4.79 Å². The molecule has 0 aromatic rings. The van der Waals surface area contributed by atoms with Crippen LogP contribution < -0.4 is 5.32 Å². The zero-order valence-corrected chi connectivity index (χ0v) is 28.4. The molecule has 2 aliphatic rings. The number of carbonyl (C=O) groups is 2. The van der Waals surface area contributed by atoms with Gasteiger partial charge in [-0.2, -0.15) is 0 Å². The number of esters is 1. The second-order valence-corrected chi connectivity index (χ2v) is 13.4. The normalized spacial score (nSPS) is 25.2. The smallest absolute Gasteiger partial charge is 0.407 e. The molecule has 10 nitrogen and oxygen atoms in total. The van der Waals surface area contributed by atoms with Crippen LogP contribution in [0.3, 0.4) is 0 Å². The number of hydrogen-bond donors (Lipinski definition) is 4. The minimum Gasteiger partial charge on any atom is -0.457 e. The lowest BCUT2D eigenvalue weighted by atomic mass is 9.92. The molecule has 0 bridgehead atoms. The second kappa shape index (κ2) is 18.8. The van der Waals surface area contributed by atoms with Gasteiger partial charge in [-0.05, 0) is 52.0 Å². The van der Waals surface area contributed by atoms with E-state index in [4.69, 9.17) is 18.9 Å². The van der Waals surface area contributed by atoms with Gasteiger partial charge in [-0.15, -0.1) is 6.58 Å². The van der Waals surface area contributed by atoms with Crippen molar-refractivity contribution >= 4 is 12.1 Å². The molecular formula is C35H59NO9. The Morgan fingerprint density at radius 1 is 1.07 bits per heavy atom. The van der Waals surface area contributed by atoms with Crippen molar-refractivity contribution in [2.45, 2.75) is 141 Å². The number of amides is 1. The molecule has 2 fully saturated rings. The lowest BCUT2D eigenvalue weighted by Gasteiger charge is -2.31. The second-order valence-electron chi connectivity index (χ2n) is 13.4. The largest absolute Gasteiger partial charge is 0.457 e. The quantitative estimate of drug-likeness (QED) is 0.0665. The maximum Gasteiger partial charge on any atom is 0.407 e. The molecule has 1 saturated heterocycles. The number of hydrogen-bond acceptors (Lipinski definition) is 9. The minimum absolute atomic E-state index is 0.0130. The number of epoxide rings is 1. The summed E-state index contributed by atoms with van der Waals surface area (Å²) in [7, 11) is 1.65. The monoisotopic (exact) mass is 637 g/mol. The summed E-state index contributed by atoms with van der Waals surface area (Å²) >= 11 is 0. The van der Waals surface area contributed by atoms with Gasteiger partial charge in [0.2, 0.25) is 0 Å². The Bertz CT molecular complexity index is 990. The van der Waals surface area contributed by atoms with Crippen LogP contribution in [-0.2, 0) is 23.7 Å². The van der Waals surface area contributed by atoms with Crippen LogP contribution in [0.1, 0.15) is 92.9 Å². The summed E-state index contributed by atoms with van der Waals surface area (Å²) in [5, 5.41) is 35.0. The van der Waals surface area contributed by atoms with Crippen LogP contribution in [0, 0.1) is 17.8 Å². The molecule has 1 heterocycles. The number of allylic oxidation sites excluding steroid dienone is 2. The zero-order valence-electron chi connectivity index (χ0n) is 28.4. The maximum atomic E-state index is 12.8. The van der Waals surface area contributed by atoms with Crippen LogP contribution in [0.25, 0.3) is 0 Å². The van der Waals surface area contributed by atoms with Gasteiger partial charge < -0.3 is 39.6 Å². The molecule has 45 heavy (non-hydrogen) atoms. The van der Waals surface area contributed by atoms with Crippen molar-refractivity contribution < 1.29 is 43.9 Å². The Labute approximate surface area is 270 Å². The maximum absolute atomic E-state index is 12.8. The van der Waals surface area contributed by atoms with Crippen molar-refractivity contribution in [2.24, 2.45) is 17.8 Å². The Hall–Kier alpha value is -2.24. The highest BCUT2D eigenvalue weighted by molar-refractivity contribution is 5.70. The van der Waals surface area contributed by atoms with Gasteiger partial charge in [0, 0.05) is 30.9 Å². The molecule has 4 N–H and O–H groups in total. The molecule has 0 spiro atoms. The number of nitrogens with one attached hydrogen (secondary N) is 1. The molecule has 2 rings (SSSR count). The van der Waals surface area contributed by atoms with E-state index in [0.29, 0.717) is 6.61 Å². The first-order valence-electron chi connectivity index (χ1n) is 16.6. The molecule has 10 heteroatoms. The number of methoxy groups -OCH3 is 1. The summed E-state index contributed by atoms with van der Waals surface area (Å²) in [6.07, 6.45) is 8.61. The van der Waals surface area contributed by atoms with Gasteiger partial charge in [0.15, 0.2) is 0 Å². The molecule has 0 radical (unpaired) electrons. The van der Waals surface area contributed by atoms with Gasteiger partial charge in [-0.3, -0.25) is 4.79 Å². The van der Waals surface area contributed by atoms with E-state index in [2.05, 4.69) is 11.9 Å². The van der Waals surface area contributed by atoms with E-state index in [0.717, 1.165) is 31.3 Å². The van der Waals surface area contributed by atoms with Crippen molar-refractivity contribution in [3.63, 3.8) is 0 Å². The van der Waals surface area contributed by atoms with Crippen LogP contribution in [0.15, 0.2) is 36.5 Å². The van der Waals surface area contributed by atoms with Crippen molar-refractivity contribution in [3.05, 3.63) is 36.5 Å². The average Bonchev–Trinajstić information content (AvgIpc) is 3.80. The third-order valence-corrected chi connectivity index (χ3v) is 9.23. The molecule has 1 saturated carbocycles. The third kappa shape index (κ3) is 13.2. The van der Waals surface area contributed by atoms with Gasteiger partial charge in [0.05, 0.1) is 36.9 Å². The summed E-state index contributed by atoms with van der Waals surface area (Å²) in [4.78, 5) is 25.1. The van der Waals surface area contributed by atoms with E-state index < -0.39 is 42.1 Å². The summed E-state index contributed by atoms with van der Waals surface area (Å²) in [5.41, 5.74) is -0.599. The molecule has 1 amide bonds. The first-order chi connectivity index (χ1) is 21.2. The fourth-order valence-corrected chi connectivity index (χ4v) is 5.74. The molecule has 1 aliphatic heterocycles. The molecule has 1 aliphatic carbocycles. The Balaban J connectivity index is 1.84. The van der Waals surface area contributed by atoms with E-state index in [1.807, 2.05) is 45.9 Å². The van der Waals surface area contributed by atoms with E-state index in [1.165, 1.54) is 6.42 Å². The van der Waals surface area contributed by atoms with Gasteiger partial charge >= 0.3 is 12.1 Å². The number of alkyl carbamates (subject to hydrolysis) is 1. The fraction of sp³-hybridized carbons (Fsp3) is 0.771. The van der Waals surface area contributed by atoms with Crippen molar-refractivity contribution in [2.75, 3.05) is 13.7 Å². The predicted molar refractivity (Wildman–Crippen MR) is 173 cm³/mol. The van der Waals surface area contributed by atoms with Crippen LogP contribution >= 0.6 is 0 Å². The van der Waals surface area contributed by atoms with Gasteiger partial charge in [-0.1, -0.05) is 64.3 Å². The lowest BCUT2D eigenvalue weighted by Crippen LogP contribution is -2.45. The summed E-state index contributed by atoms with van der Waals surface area (Å²) in [6.45, 7) is 15.3. The predicted octanol–water partition coefficient (Wildman–Crippen LogP) is 5.00. The molecule has 0 aromatic heterocycles. The summed E-state index contributed by atoms with van der Waals surface area (Å²) in [6, 6.07) is 0.0979. The van der Waals surface area contributed by atoms with Gasteiger partial charge in [0.25, 0.3) is 0 Å². The highest BCUT2D eigenvalue weighted by Crippen LogP contribution is 2.35. The minimum atomic E-state index is -1.39. The number of ether oxygens (including phenoxy) is 4. The van der Waals surface area contributed by atoms with Crippen molar-refractivity contribution in [1.29, 1.82) is 0 Å². The first kappa shape index (κ1) is 38.9. The Kier molecular flexibility index (Phi) is 16.3. The average molecular weight is 638 g/mol. The van der Waals surface area contributed by atoms with Crippen LogP contribution in [0.5, 0.6) is 0 Å². The molecule has 258 valence electrons. The topological polar surface area (TPSA) is 147 Å². The van der Waals surface area contributed by atoms with Crippen LogP contribution in [-0.4, -0.2) is 89.4 Å². The number of rotatable bonds is 19. The van der Waals surface area contributed by atoms with E-state index >= 15 is 0 Å². The highest BCUT2D eigenvalue weighted by Gasteiger charge is 2.48. The summed E-state index contributed by atoms with van der Waals surface area (Å²) in [5.74, 6) is -0.694. The van der Waals surface area contributed by atoms with Gasteiger partial charge in [-0.25, -0.2) is 4.79 Å².